The fourth-order valence-corrected chi connectivity index (χ4v) is 3.62. The number of nitrogens with zero attached hydrogens (tertiary/aromatic N) is 1. The average Bonchev–Trinajstić information content (AvgIpc) is 2.67. The predicted molar refractivity (Wildman–Crippen MR) is 86.7 cm³/mol. The van der Waals surface area contributed by atoms with E-state index in [1.54, 1.807) is 35.3 Å². The summed E-state index contributed by atoms with van der Waals surface area (Å²) in [4.78, 5) is 14.0. The summed E-state index contributed by atoms with van der Waals surface area (Å²) in [7, 11) is 0. The lowest BCUT2D eigenvalue weighted by Gasteiger charge is -2.32. The van der Waals surface area contributed by atoms with Gasteiger partial charge in [0.1, 0.15) is 0 Å². The Kier molecular flexibility index (Phi) is 3.44. The third-order valence-corrected chi connectivity index (χ3v) is 5.09. The van der Waals surface area contributed by atoms with Crippen molar-refractivity contribution in [3.8, 4) is 0 Å². The molecule has 1 N–H and O–H groups in total. The molecule has 0 aromatic heterocycles. The van der Waals surface area contributed by atoms with Gasteiger partial charge in [0.2, 0.25) is 5.60 Å². The highest BCUT2D eigenvalue weighted by Crippen LogP contribution is 2.55. The fraction of sp³-hybridized carbons (Fsp3) is 0.316. The Labute approximate surface area is 142 Å². The largest absolute Gasteiger partial charge is 0.425 e. The Bertz CT molecular complexity index is 847. The van der Waals surface area contributed by atoms with Crippen molar-refractivity contribution < 1.29 is 23.1 Å². The molecule has 1 aromatic carbocycles. The van der Waals surface area contributed by atoms with E-state index in [0.29, 0.717) is 24.2 Å². The van der Waals surface area contributed by atoms with Gasteiger partial charge in [0, 0.05) is 24.2 Å². The molecule has 6 heteroatoms. The molecule has 1 atom stereocenters. The van der Waals surface area contributed by atoms with Gasteiger partial charge in [-0.05, 0) is 41.7 Å². The number of rotatable bonds is 1. The lowest BCUT2D eigenvalue weighted by Crippen LogP contribution is -2.44. The summed E-state index contributed by atoms with van der Waals surface area (Å²) in [5, 5.41) is 10.7. The highest BCUT2D eigenvalue weighted by Gasteiger charge is 2.61. The van der Waals surface area contributed by atoms with Gasteiger partial charge in [-0.2, -0.15) is 13.2 Å². The average molecular weight is 347 g/mol. The molecule has 0 saturated carbocycles. The van der Waals surface area contributed by atoms with Crippen LogP contribution in [0.3, 0.4) is 0 Å². The summed E-state index contributed by atoms with van der Waals surface area (Å²) in [6.45, 7) is 1.23. The van der Waals surface area contributed by atoms with Gasteiger partial charge >= 0.3 is 6.18 Å². The molecule has 3 aliphatic rings. The summed E-state index contributed by atoms with van der Waals surface area (Å²) >= 11 is 0. The van der Waals surface area contributed by atoms with Crippen LogP contribution in [0.15, 0.2) is 48.1 Å². The Hall–Kier alpha value is -2.34. The molecule has 1 fully saturated rings. The van der Waals surface area contributed by atoms with Crippen molar-refractivity contribution >= 4 is 11.5 Å². The van der Waals surface area contributed by atoms with E-state index in [4.69, 9.17) is 0 Å². The van der Waals surface area contributed by atoms with E-state index >= 15 is 0 Å². The molecule has 1 heterocycles. The van der Waals surface area contributed by atoms with Crippen LogP contribution in [-0.4, -0.2) is 35.2 Å². The summed E-state index contributed by atoms with van der Waals surface area (Å²) in [5.74, 6) is -0.295. The first-order valence-corrected chi connectivity index (χ1v) is 8.14. The van der Waals surface area contributed by atoms with Crippen molar-refractivity contribution in [3.63, 3.8) is 0 Å². The first kappa shape index (κ1) is 16.1. The molecule has 1 amide bonds. The SMILES string of the molecule is O=C(c1ccc2c(c1)C(O)(C(F)(F)F)C1=C2C=CC=CC1)N1CCC1. The summed E-state index contributed by atoms with van der Waals surface area (Å²) in [6, 6.07) is 4.26. The number of likely N-dealkylation sites (tertiary alicyclic amines) is 1. The summed E-state index contributed by atoms with van der Waals surface area (Å²) in [5.41, 5.74) is -2.53. The van der Waals surface area contributed by atoms with Crippen LogP contribution in [0.1, 0.15) is 34.3 Å². The predicted octanol–water partition coefficient (Wildman–Crippen LogP) is 3.57. The zero-order valence-electron chi connectivity index (χ0n) is 13.3. The molecule has 4 rings (SSSR count). The van der Waals surface area contributed by atoms with Crippen molar-refractivity contribution in [3.05, 3.63) is 64.8 Å². The number of aliphatic hydroxyl groups is 1. The van der Waals surface area contributed by atoms with E-state index in [1.165, 1.54) is 12.1 Å². The lowest BCUT2D eigenvalue weighted by atomic mass is 9.87. The van der Waals surface area contributed by atoms with Crippen molar-refractivity contribution in [1.29, 1.82) is 0 Å². The van der Waals surface area contributed by atoms with Crippen molar-refractivity contribution in [2.24, 2.45) is 0 Å². The van der Waals surface area contributed by atoms with Gasteiger partial charge < -0.3 is 10.0 Å². The molecule has 130 valence electrons. The molecular formula is C19H16F3NO2. The van der Waals surface area contributed by atoms with E-state index < -0.39 is 11.8 Å². The minimum atomic E-state index is -4.87. The number of hydrogen-bond acceptors (Lipinski definition) is 2. The van der Waals surface area contributed by atoms with Crippen LogP contribution in [0, 0.1) is 0 Å². The van der Waals surface area contributed by atoms with E-state index in [2.05, 4.69) is 0 Å². The number of benzene rings is 1. The second-order valence-corrected chi connectivity index (χ2v) is 6.50. The second kappa shape index (κ2) is 5.33. The number of carbonyl (C=O) groups excluding carboxylic acids is 1. The van der Waals surface area contributed by atoms with Gasteiger partial charge in [0.25, 0.3) is 5.91 Å². The Morgan fingerprint density at radius 2 is 1.96 bits per heavy atom. The van der Waals surface area contributed by atoms with E-state index in [0.717, 1.165) is 6.42 Å². The number of alkyl halides is 3. The van der Waals surface area contributed by atoms with Gasteiger partial charge in [0.05, 0.1) is 0 Å². The molecule has 1 saturated heterocycles. The molecule has 25 heavy (non-hydrogen) atoms. The Balaban J connectivity index is 1.88. The zero-order valence-corrected chi connectivity index (χ0v) is 13.3. The minimum Gasteiger partial charge on any atom is -0.372 e. The molecule has 3 nitrogen and oxygen atoms in total. The van der Waals surface area contributed by atoms with Gasteiger partial charge in [-0.15, -0.1) is 0 Å². The van der Waals surface area contributed by atoms with Gasteiger partial charge in [-0.25, -0.2) is 0 Å². The number of allylic oxidation sites excluding steroid dienone is 5. The highest BCUT2D eigenvalue weighted by atomic mass is 19.4. The van der Waals surface area contributed by atoms with Crippen LogP contribution in [-0.2, 0) is 5.60 Å². The number of hydrogen-bond donors (Lipinski definition) is 1. The molecule has 1 unspecified atom stereocenters. The Morgan fingerprint density at radius 3 is 2.60 bits per heavy atom. The number of amides is 1. The normalized spacial score (nSPS) is 24.7. The molecule has 1 aliphatic heterocycles. The van der Waals surface area contributed by atoms with E-state index in [1.807, 2.05) is 0 Å². The molecular weight excluding hydrogens is 331 g/mol. The standard InChI is InChI=1S/C19H16F3NO2/c20-19(21,22)18(25)15-6-3-1-2-5-13(15)14-8-7-12(11-16(14)18)17(24)23-9-4-10-23/h1-3,5,7-8,11,25H,4,6,9-10H2. The molecule has 1 aromatic rings. The van der Waals surface area contributed by atoms with E-state index in [-0.39, 0.29) is 29.0 Å². The van der Waals surface area contributed by atoms with Crippen LogP contribution in [0.4, 0.5) is 13.2 Å². The maximum atomic E-state index is 13.9. The van der Waals surface area contributed by atoms with Crippen molar-refractivity contribution in [2.45, 2.75) is 24.6 Å². The minimum absolute atomic E-state index is 0.00241. The van der Waals surface area contributed by atoms with Crippen LogP contribution in [0.5, 0.6) is 0 Å². The number of fused-ring (bicyclic) bond motifs is 2. The summed E-state index contributed by atoms with van der Waals surface area (Å²) in [6.07, 6.45) is 2.53. The maximum absolute atomic E-state index is 13.9. The van der Waals surface area contributed by atoms with Gasteiger partial charge in [0.15, 0.2) is 0 Å². The molecule has 0 radical (unpaired) electrons. The summed E-state index contributed by atoms with van der Waals surface area (Å²) < 4.78 is 41.6. The van der Waals surface area contributed by atoms with E-state index in [9.17, 15) is 23.1 Å². The molecule has 2 aliphatic carbocycles. The Morgan fingerprint density at radius 1 is 1.20 bits per heavy atom. The van der Waals surface area contributed by atoms with Crippen molar-refractivity contribution in [1.82, 2.24) is 4.90 Å². The zero-order chi connectivity index (χ0) is 17.8. The van der Waals surface area contributed by atoms with Crippen molar-refractivity contribution in [2.75, 3.05) is 13.1 Å². The first-order chi connectivity index (χ1) is 11.8. The third kappa shape index (κ3) is 2.20. The van der Waals surface area contributed by atoms with Gasteiger partial charge in [-0.3, -0.25) is 4.79 Å². The van der Waals surface area contributed by atoms with Crippen LogP contribution < -0.4 is 0 Å². The smallest absolute Gasteiger partial charge is 0.372 e. The lowest BCUT2D eigenvalue weighted by molar-refractivity contribution is -0.249. The monoisotopic (exact) mass is 347 g/mol. The first-order valence-electron chi connectivity index (χ1n) is 8.14. The third-order valence-electron chi connectivity index (χ3n) is 5.09. The van der Waals surface area contributed by atoms with Crippen LogP contribution >= 0.6 is 0 Å². The topological polar surface area (TPSA) is 40.5 Å². The number of halogens is 3. The quantitative estimate of drug-likeness (QED) is 0.844. The molecule has 0 spiro atoms. The number of carbonyl (C=O) groups is 1. The van der Waals surface area contributed by atoms with Gasteiger partial charge in [-0.1, -0.05) is 30.4 Å². The maximum Gasteiger partial charge on any atom is 0.425 e. The van der Waals surface area contributed by atoms with Crippen LogP contribution in [0.2, 0.25) is 0 Å². The van der Waals surface area contributed by atoms with Crippen LogP contribution in [0.25, 0.3) is 5.57 Å². The highest BCUT2D eigenvalue weighted by molar-refractivity contribution is 5.97. The second-order valence-electron chi connectivity index (χ2n) is 6.50. The molecule has 0 bridgehead atoms. The fourth-order valence-electron chi connectivity index (χ4n) is 3.62.